The number of hydrogen-bond acceptors (Lipinski definition) is 8. The van der Waals surface area contributed by atoms with E-state index in [0.29, 0.717) is 17.4 Å². The zero-order valence-electron chi connectivity index (χ0n) is 60.1. The highest BCUT2D eigenvalue weighted by atomic mass is 31.2. The Labute approximate surface area is 559 Å². The van der Waals surface area contributed by atoms with Crippen molar-refractivity contribution in [1.29, 1.82) is 0 Å². The molecule has 0 heterocycles. The number of nitrogens with zero attached hydrogens (tertiary/aromatic N) is 1. The number of carbonyl (C=O) groups excluding carboxylic acids is 2. The lowest BCUT2D eigenvalue weighted by Gasteiger charge is -2.28. The van der Waals surface area contributed by atoms with Crippen molar-refractivity contribution in [3.05, 3.63) is 72.9 Å². The molecule has 0 fully saturated rings. The van der Waals surface area contributed by atoms with E-state index in [0.717, 1.165) is 83.5 Å². The molecule has 0 N–H and O–H groups in total. The van der Waals surface area contributed by atoms with Crippen LogP contribution in [-0.4, -0.2) is 70.0 Å². The molecule has 9 nitrogen and oxygen atoms in total. The van der Waals surface area contributed by atoms with E-state index in [1.807, 2.05) is 21.1 Å². The molecule has 0 radical (unpaired) electrons. The van der Waals surface area contributed by atoms with Crippen molar-refractivity contribution in [2.75, 3.05) is 47.5 Å². The zero-order chi connectivity index (χ0) is 65.5. The zero-order valence-corrected chi connectivity index (χ0v) is 61.0. The summed E-state index contributed by atoms with van der Waals surface area (Å²) < 4.78 is 34.4. The highest BCUT2D eigenvalue weighted by Crippen LogP contribution is 2.38. The van der Waals surface area contributed by atoms with Gasteiger partial charge in [-0.15, -0.1) is 0 Å². The number of phosphoric acid groups is 1. The molecule has 0 aromatic heterocycles. The van der Waals surface area contributed by atoms with Crippen LogP contribution in [0.4, 0.5) is 0 Å². The predicted octanol–water partition coefficient (Wildman–Crippen LogP) is 24.9. The van der Waals surface area contributed by atoms with E-state index in [9.17, 15) is 19.0 Å². The van der Waals surface area contributed by atoms with E-state index >= 15 is 0 Å². The second kappa shape index (κ2) is 70.8. The Bertz CT molecular complexity index is 1750. The highest BCUT2D eigenvalue weighted by molar-refractivity contribution is 7.45. The van der Waals surface area contributed by atoms with E-state index in [1.165, 1.54) is 257 Å². The van der Waals surface area contributed by atoms with Crippen molar-refractivity contribution in [2.45, 2.75) is 380 Å². The third-order valence-electron chi connectivity index (χ3n) is 17.2. The Morgan fingerprint density at radius 2 is 0.633 bits per heavy atom. The van der Waals surface area contributed by atoms with Gasteiger partial charge in [0.25, 0.3) is 7.82 Å². The van der Waals surface area contributed by atoms with Crippen molar-refractivity contribution in [3.63, 3.8) is 0 Å². The summed E-state index contributed by atoms with van der Waals surface area (Å²) in [5.41, 5.74) is 0. The Balaban J connectivity index is 3.95. The summed E-state index contributed by atoms with van der Waals surface area (Å²) in [6.45, 7) is 4.18. The van der Waals surface area contributed by atoms with Gasteiger partial charge >= 0.3 is 11.9 Å². The number of unbranched alkanes of at least 4 members (excludes halogenated alkanes) is 46. The summed E-state index contributed by atoms with van der Waals surface area (Å²) in [5, 5.41) is 0. The summed E-state index contributed by atoms with van der Waals surface area (Å²) in [5.74, 6) is -0.824. The van der Waals surface area contributed by atoms with E-state index in [-0.39, 0.29) is 32.0 Å². The molecule has 0 aliphatic carbocycles. The van der Waals surface area contributed by atoms with Crippen LogP contribution in [0.25, 0.3) is 0 Å². The molecule has 526 valence electrons. The van der Waals surface area contributed by atoms with Gasteiger partial charge in [0.05, 0.1) is 27.7 Å². The molecule has 0 saturated heterocycles. The predicted molar refractivity (Wildman–Crippen MR) is 388 cm³/mol. The standard InChI is InChI=1S/C80H148NO8P/c1-6-8-10-12-14-16-18-20-22-24-26-28-30-32-34-36-37-38-39-40-41-42-43-45-46-48-50-52-54-56-58-60-62-64-66-68-70-72-79(82)86-76-78(77-88-90(84,85)87-75-74-81(3,4)5)89-80(83)73-71-69-67-65-63-61-59-57-55-53-51-49-47-44-35-33-31-29-27-25-23-21-19-17-15-13-11-9-7-2/h9,11,15,17,21,23,27,29,33,35,47,49,78H,6-8,10,12-14,16,18-20,22,24-26,28,30-32,34,36-46,48,50-77H2,1-5H3/b11-9-,17-15-,23-21-,29-27-,35-33-,49-47-. The van der Waals surface area contributed by atoms with Crippen LogP contribution in [0.2, 0.25) is 0 Å². The van der Waals surface area contributed by atoms with Crippen LogP contribution in [0.3, 0.4) is 0 Å². The van der Waals surface area contributed by atoms with Crippen LogP contribution in [0.15, 0.2) is 72.9 Å². The Morgan fingerprint density at radius 1 is 0.356 bits per heavy atom. The van der Waals surface area contributed by atoms with Crippen LogP contribution in [0.5, 0.6) is 0 Å². The molecule has 0 aromatic rings. The molecule has 10 heteroatoms. The van der Waals surface area contributed by atoms with E-state index < -0.39 is 26.5 Å². The van der Waals surface area contributed by atoms with Crippen molar-refractivity contribution in [1.82, 2.24) is 0 Å². The number of rotatable bonds is 72. The monoisotopic (exact) mass is 1280 g/mol. The normalized spacial score (nSPS) is 13.4. The number of likely N-dealkylation sites (N-methyl/N-ethyl adjacent to an activating group) is 1. The third kappa shape index (κ3) is 74.5. The first-order chi connectivity index (χ1) is 44.0. The molecule has 0 rings (SSSR count). The molecule has 0 saturated carbocycles. The lowest BCUT2D eigenvalue weighted by molar-refractivity contribution is -0.870. The van der Waals surface area contributed by atoms with Crippen LogP contribution in [0, 0.1) is 0 Å². The third-order valence-corrected chi connectivity index (χ3v) is 18.2. The minimum absolute atomic E-state index is 0.0325. The summed E-state index contributed by atoms with van der Waals surface area (Å²) in [4.78, 5) is 38.1. The van der Waals surface area contributed by atoms with Gasteiger partial charge in [0, 0.05) is 12.8 Å². The average molecular weight is 1280 g/mol. The smallest absolute Gasteiger partial charge is 0.306 e. The summed E-state index contributed by atoms with van der Waals surface area (Å²) in [6.07, 6.45) is 95.9. The molecule has 2 unspecified atom stereocenters. The van der Waals surface area contributed by atoms with Gasteiger partial charge in [-0.05, 0) is 64.2 Å². The van der Waals surface area contributed by atoms with Gasteiger partial charge in [-0.1, -0.05) is 369 Å². The second-order valence-electron chi connectivity index (χ2n) is 27.4. The molecule has 0 aliphatic heterocycles. The van der Waals surface area contributed by atoms with Crippen molar-refractivity contribution < 1.29 is 42.1 Å². The first kappa shape index (κ1) is 87.5. The van der Waals surface area contributed by atoms with Gasteiger partial charge in [-0.25, -0.2) is 0 Å². The number of phosphoric ester groups is 1. The van der Waals surface area contributed by atoms with E-state index in [1.54, 1.807) is 0 Å². The minimum atomic E-state index is -4.65. The first-order valence-electron chi connectivity index (χ1n) is 38.6. The molecule has 0 aromatic carbocycles. The summed E-state index contributed by atoms with van der Waals surface area (Å²) in [6, 6.07) is 0. The maximum absolute atomic E-state index is 12.9. The molecule has 0 spiro atoms. The first-order valence-corrected chi connectivity index (χ1v) is 40.1. The molecule has 0 aliphatic rings. The summed E-state index contributed by atoms with van der Waals surface area (Å²) in [7, 11) is 1.17. The van der Waals surface area contributed by atoms with Crippen LogP contribution in [0.1, 0.15) is 373 Å². The van der Waals surface area contributed by atoms with Crippen LogP contribution >= 0.6 is 7.82 Å². The number of esters is 2. The Hall–Kier alpha value is -2.55. The quantitative estimate of drug-likeness (QED) is 0.0195. The molecule has 0 amide bonds. The van der Waals surface area contributed by atoms with E-state index in [2.05, 4.69) is 86.8 Å². The van der Waals surface area contributed by atoms with Gasteiger partial charge in [-0.3, -0.25) is 14.2 Å². The maximum atomic E-state index is 12.9. The number of ether oxygens (including phenoxy) is 2. The lowest BCUT2D eigenvalue weighted by Crippen LogP contribution is -2.37. The van der Waals surface area contributed by atoms with Gasteiger partial charge in [-0.2, -0.15) is 0 Å². The van der Waals surface area contributed by atoms with Crippen molar-refractivity contribution in [2.24, 2.45) is 0 Å². The molecule has 2 atom stereocenters. The van der Waals surface area contributed by atoms with Gasteiger partial charge < -0.3 is 27.9 Å². The highest BCUT2D eigenvalue weighted by Gasteiger charge is 2.22. The Kier molecular flexibility index (Phi) is 68.8. The molecular weight excluding hydrogens is 1130 g/mol. The fourth-order valence-electron chi connectivity index (χ4n) is 11.4. The maximum Gasteiger partial charge on any atom is 0.306 e. The van der Waals surface area contributed by atoms with Gasteiger partial charge in [0.15, 0.2) is 6.10 Å². The van der Waals surface area contributed by atoms with E-state index in [4.69, 9.17) is 18.5 Å². The molecule has 0 bridgehead atoms. The van der Waals surface area contributed by atoms with Crippen LogP contribution in [-0.2, 0) is 32.7 Å². The Morgan fingerprint density at radius 3 is 0.944 bits per heavy atom. The number of carbonyl (C=O) groups is 2. The number of quaternary nitrogens is 1. The van der Waals surface area contributed by atoms with Crippen LogP contribution < -0.4 is 4.89 Å². The topological polar surface area (TPSA) is 111 Å². The fourth-order valence-corrected chi connectivity index (χ4v) is 12.1. The fraction of sp³-hybridized carbons (Fsp3) is 0.825. The number of allylic oxidation sites excluding steroid dienone is 12. The van der Waals surface area contributed by atoms with Crippen molar-refractivity contribution in [3.8, 4) is 0 Å². The summed E-state index contributed by atoms with van der Waals surface area (Å²) >= 11 is 0. The molecular formula is C80H148NO8P. The van der Waals surface area contributed by atoms with Gasteiger partial charge in [0.2, 0.25) is 0 Å². The second-order valence-corrected chi connectivity index (χ2v) is 28.8. The average Bonchev–Trinajstić information content (AvgIpc) is 3.58. The SMILES string of the molecule is CC/C=C\C/C=C\C/C=C\C/C=C\C/C=C\C/C=C\CCCCCCCCCCCCC(=O)OC(COC(=O)CCCCCCCCCCCCCCCCCCCCCCCCCCCCCCCCCCCCCCC)COP(=O)([O-])OCC[N+](C)(C)C. The lowest BCUT2D eigenvalue weighted by atomic mass is 10.0. The van der Waals surface area contributed by atoms with Gasteiger partial charge in [0.1, 0.15) is 19.8 Å². The largest absolute Gasteiger partial charge is 0.756 e. The van der Waals surface area contributed by atoms with Crippen molar-refractivity contribution >= 4 is 19.8 Å². The number of hydrogen-bond donors (Lipinski definition) is 0. The minimum Gasteiger partial charge on any atom is -0.756 e. The molecule has 90 heavy (non-hydrogen) atoms.